The van der Waals surface area contributed by atoms with Gasteiger partial charge in [-0.05, 0) is 54.7 Å². The Balaban J connectivity index is 1.44. The lowest BCUT2D eigenvalue weighted by Crippen LogP contribution is -2.30. The molecule has 0 atom stereocenters. The number of hydrogen-bond donors (Lipinski definition) is 0. The summed E-state index contributed by atoms with van der Waals surface area (Å²) < 4.78 is 7.30. The van der Waals surface area contributed by atoms with E-state index in [1.165, 1.54) is 15.9 Å². The van der Waals surface area contributed by atoms with Gasteiger partial charge < -0.3 is 4.74 Å². The second-order valence-electron chi connectivity index (χ2n) is 7.73. The summed E-state index contributed by atoms with van der Waals surface area (Å²) in [5, 5.41) is 0.555. The zero-order chi connectivity index (χ0) is 24.5. The first kappa shape index (κ1) is 23.8. The number of aromatic nitrogens is 1. The molecule has 5 rings (SSSR count). The summed E-state index contributed by atoms with van der Waals surface area (Å²) in [6.45, 7) is 0.181. The van der Waals surface area contributed by atoms with Gasteiger partial charge in [-0.15, -0.1) is 11.3 Å². The van der Waals surface area contributed by atoms with Gasteiger partial charge >= 0.3 is 0 Å². The number of anilines is 2. The summed E-state index contributed by atoms with van der Waals surface area (Å²) in [5.74, 6) is 0.533. The average Bonchev–Trinajstić information content (AvgIpc) is 2.86. The van der Waals surface area contributed by atoms with Crippen LogP contribution in [-0.2, 0) is 11.3 Å². The van der Waals surface area contributed by atoms with Crippen LogP contribution in [0.3, 0.4) is 0 Å². The van der Waals surface area contributed by atoms with E-state index in [1.807, 2.05) is 60.7 Å². The van der Waals surface area contributed by atoms with Crippen LogP contribution in [0.15, 0.2) is 87.4 Å². The first-order chi connectivity index (χ1) is 17.0. The van der Waals surface area contributed by atoms with Gasteiger partial charge in [0.05, 0.1) is 18.5 Å². The van der Waals surface area contributed by atoms with Crippen molar-refractivity contribution in [2.75, 3.05) is 12.0 Å². The maximum atomic E-state index is 13.5. The van der Waals surface area contributed by atoms with E-state index in [1.54, 1.807) is 35.9 Å². The molecule has 0 bridgehead atoms. The number of carbonyl (C=O) groups excluding carboxylic acids is 1. The fourth-order valence-electron chi connectivity index (χ4n) is 3.96. The molecule has 35 heavy (non-hydrogen) atoms. The van der Waals surface area contributed by atoms with E-state index >= 15 is 0 Å². The van der Waals surface area contributed by atoms with Crippen LogP contribution in [0.2, 0.25) is 5.02 Å². The summed E-state index contributed by atoms with van der Waals surface area (Å²) in [5.41, 5.74) is 2.10. The van der Waals surface area contributed by atoms with E-state index in [0.717, 1.165) is 31.6 Å². The number of para-hydroxylation sites is 2. The molecule has 1 amide bonds. The van der Waals surface area contributed by atoms with Crippen LogP contribution in [0, 0.1) is 3.95 Å². The molecule has 0 saturated heterocycles. The number of hydrogen-bond acceptors (Lipinski definition) is 6. The summed E-state index contributed by atoms with van der Waals surface area (Å²) in [6.07, 6.45) is 0.106. The van der Waals surface area contributed by atoms with Gasteiger partial charge in [0, 0.05) is 44.3 Å². The molecule has 0 spiro atoms. The molecule has 3 aromatic carbocycles. The van der Waals surface area contributed by atoms with Crippen LogP contribution < -0.4 is 15.2 Å². The van der Waals surface area contributed by atoms with Gasteiger partial charge in [-0.25, -0.2) is 0 Å². The lowest BCUT2D eigenvalue weighted by molar-refractivity contribution is -0.118. The molecule has 2 heterocycles. The number of nitrogens with zero attached hydrogens (tertiary/aromatic N) is 2. The van der Waals surface area contributed by atoms with Gasteiger partial charge in [0.1, 0.15) is 5.75 Å². The topological polar surface area (TPSA) is 51.5 Å². The van der Waals surface area contributed by atoms with E-state index in [9.17, 15) is 9.59 Å². The Morgan fingerprint density at radius 3 is 2.54 bits per heavy atom. The second kappa shape index (κ2) is 9.99. The van der Waals surface area contributed by atoms with E-state index in [4.69, 9.17) is 28.6 Å². The molecule has 5 nitrogen and oxygen atoms in total. The summed E-state index contributed by atoms with van der Waals surface area (Å²) in [6, 6.07) is 22.3. The smallest absolute Gasteiger partial charge is 0.253 e. The molecular weight excluding hydrogens is 520 g/mol. The second-order valence-corrected chi connectivity index (χ2v) is 10.9. The quantitative estimate of drug-likeness (QED) is 0.252. The average molecular weight is 539 g/mol. The highest BCUT2D eigenvalue weighted by atomic mass is 35.5. The SMILES string of the molecule is COc1ccccc1-c1cc(=O)n(CCC(=O)N2c3ccccc3Sc3ccc(Cl)cc32)c(=S)s1. The van der Waals surface area contributed by atoms with Gasteiger partial charge in [-0.3, -0.25) is 19.1 Å². The molecule has 1 aliphatic heterocycles. The largest absolute Gasteiger partial charge is 0.496 e. The first-order valence-electron chi connectivity index (χ1n) is 10.7. The zero-order valence-electron chi connectivity index (χ0n) is 18.6. The van der Waals surface area contributed by atoms with Crippen molar-refractivity contribution in [3.05, 3.63) is 92.1 Å². The summed E-state index contributed by atoms with van der Waals surface area (Å²) >= 11 is 14.7. The van der Waals surface area contributed by atoms with Crippen LogP contribution in [-0.4, -0.2) is 17.6 Å². The highest BCUT2D eigenvalue weighted by Crippen LogP contribution is 2.49. The van der Waals surface area contributed by atoms with Gasteiger partial charge in [-0.1, -0.05) is 47.6 Å². The highest BCUT2D eigenvalue weighted by Gasteiger charge is 2.28. The highest BCUT2D eigenvalue weighted by molar-refractivity contribution is 7.99. The molecule has 1 aliphatic rings. The van der Waals surface area contributed by atoms with Gasteiger partial charge in [0.25, 0.3) is 5.56 Å². The summed E-state index contributed by atoms with van der Waals surface area (Å²) in [4.78, 5) is 30.8. The van der Waals surface area contributed by atoms with Crippen LogP contribution in [0.1, 0.15) is 6.42 Å². The van der Waals surface area contributed by atoms with Crippen LogP contribution in [0.5, 0.6) is 5.75 Å². The third-order valence-electron chi connectivity index (χ3n) is 5.60. The van der Waals surface area contributed by atoms with Crippen LogP contribution in [0.25, 0.3) is 10.4 Å². The monoisotopic (exact) mass is 538 g/mol. The van der Waals surface area contributed by atoms with Crippen molar-refractivity contribution in [1.82, 2.24) is 4.57 Å². The number of fused-ring (bicyclic) bond motifs is 2. The normalized spacial score (nSPS) is 12.1. The Labute approximate surface area is 220 Å². The predicted molar refractivity (Wildman–Crippen MR) is 145 cm³/mol. The van der Waals surface area contributed by atoms with Crippen molar-refractivity contribution < 1.29 is 9.53 Å². The Kier molecular flexibility index (Phi) is 6.80. The van der Waals surface area contributed by atoms with E-state index in [-0.39, 0.29) is 24.4 Å². The predicted octanol–water partition coefficient (Wildman–Crippen LogP) is 7.19. The molecular formula is C26H19ClN2O3S3. The molecule has 0 unspecified atom stereocenters. The Morgan fingerprint density at radius 1 is 1.00 bits per heavy atom. The number of methoxy groups -OCH3 is 1. The number of carbonyl (C=O) groups is 1. The molecule has 0 fully saturated rings. The number of amides is 1. The fourth-order valence-corrected chi connectivity index (χ4v) is 6.53. The number of ether oxygens (including phenoxy) is 1. The molecule has 1 aromatic heterocycles. The minimum atomic E-state index is -0.250. The molecule has 0 aliphatic carbocycles. The van der Waals surface area contributed by atoms with Crippen molar-refractivity contribution in [1.29, 1.82) is 0 Å². The summed E-state index contributed by atoms with van der Waals surface area (Å²) in [7, 11) is 1.59. The van der Waals surface area contributed by atoms with E-state index < -0.39 is 0 Å². The Hall–Kier alpha value is -2.91. The van der Waals surface area contributed by atoms with E-state index in [0.29, 0.717) is 14.7 Å². The van der Waals surface area contributed by atoms with Crippen molar-refractivity contribution in [3.63, 3.8) is 0 Å². The lowest BCUT2D eigenvalue weighted by Gasteiger charge is -2.31. The number of halogens is 1. The molecule has 0 N–H and O–H groups in total. The van der Waals surface area contributed by atoms with Gasteiger partial charge in [-0.2, -0.15) is 0 Å². The minimum Gasteiger partial charge on any atom is -0.496 e. The minimum absolute atomic E-state index is 0.106. The first-order valence-corrected chi connectivity index (χ1v) is 13.2. The van der Waals surface area contributed by atoms with Crippen molar-refractivity contribution in [2.24, 2.45) is 0 Å². The van der Waals surface area contributed by atoms with Gasteiger partial charge in [0.2, 0.25) is 5.91 Å². The molecule has 9 heteroatoms. The number of rotatable bonds is 5. The lowest BCUT2D eigenvalue weighted by atomic mass is 10.1. The number of benzene rings is 3. The van der Waals surface area contributed by atoms with Crippen LogP contribution in [0.4, 0.5) is 11.4 Å². The van der Waals surface area contributed by atoms with Crippen molar-refractivity contribution in [3.8, 4) is 16.2 Å². The molecule has 4 aromatic rings. The molecule has 0 radical (unpaired) electrons. The maximum Gasteiger partial charge on any atom is 0.253 e. The van der Waals surface area contributed by atoms with Crippen molar-refractivity contribution in [2.45, 2.75) is 22.8 Å². The molecule has 176 valence electrons. The van der Waals surface area contributed by atoms with Gasteiger partial charge in [0.15, 0.2) is 3.95 Å². The third-order valence-corrected chi connectivity index (χ3v) is 8.39. The Morgan fingerprint density at radius 2 is 1.74 bits per heavy atom. The maximum absolute atomic E-state index is 13.5. The van der Waals surface area contributed by atoms with Crippen molar-refractivity contribution >= 4 is 64.2 Å². The Bertz CT molecular complexity index is 1530. The fraction of sp³-hybridized carbons (Fsp3) is 0.115. The zero-order valence-corrected chi connectivity index (χ0v) is 21.8. The van der Waals surface area contributed by atoms with E-state index in [2.05, 4.69) is 0 Å². The third kappa shape index (κ3) is 4.67. The molecule has 0 saturated carbocycles. The standard InChI is InChI=1S/C26H19ClN2O3S3/c1-32-20-8-4-2-6-17(20)23-15-25(31)28(26(33)35-23)13-12-24(30)29-18-7-3-5-9-21(18)34-22-11-10-16(27)14-19(22)29/h2-11,14-15H,12-13H2,1H3. The van der Waals surface area contributed by atoms with Crippen LogP contribution >= 0.6 is 46.9 Å².